The maximum atomic E-state index is 9.00. The average Bonchev–Trinajstić information content (AvgIpc) is 2.77. The number of hydrogen-bond donors (Lipinski definition) is 1. The highest BCUT2D eigenvalue weighted by Crippen LogP contribution is 2.09. The first-order valence-electron chi connectivity index (χ1n) is 4.94. The monoisotopic (exact) mass is 203 g/mol. The van der Waals surface area contributed by atoms with E-state index in [1.807, 2.05) is 22.9 Å². The minimum Gasteiger partial charge on any atom is -0.390 e. The fourth-order valence-electron chi connectivity index (χ4n) is 1.49. The van der Waals surface area contributed by atoms with Crippen molar-refractivity contribution in [1.82, 2.24) is 14.5 Å². The molecule has 0 spiro atoms. The zero-order valence-electron chi connectivity index (χ0n) is 8.59. The van der Waals surface area contributed by atoms with Gasteiger partial charge in [0, 0.05) is 18.8 Å². The first kappa shape index (κ1) is 9.86. The summed E-state index contributed by atoms with van der Waals surface area (Å²) >= 11 is 0. The number of aliphatic hydroxyl groups is 1. The summed E-state index contributed by atoms with van der Waals surface area (Å²) in [6.07, 6.45) is 4.49. The second-order valence-corrected chi connectivity index (χ2v) is 3.21. The molecule has 2 heterocycles. The number of hydrogen-bond acceptors (Lipinski definition) is 3. The number of aliphatic hydroxyl groups excluding tert-OH is 1. The maximum absolute atomic E-state index is 9.00. The van der Waals surface area contributed by atoms with Gasteiger partial charge in [-0.2, -0.15) is 0 Å². The van der Waals surface area contributed by atoms with Crippen LogP contribution in [0.25, 0.3) is 5.82 Å². The van der Waals surface area contributed by atoms with Gasteiger partial charge in [0.05, 0.1) is 12.3 Å². The van der Waals surface area contributed by atoms with Gasteiger partial charge in [0.2, 0.25) is 0 Å². The van der Waals surface area contributed by atoms with E-state index in [-0.39, 0.29) is 6.61 Å². The van der Waals surface area contributed by atoms with Gasteiger partial charge in [0.15, 0.2) is 0 Å². The van der Waals surface area contributed by atoms with Gasteiger partial charge in [0.1, 0.15) is 11.6 Å². The van der Waals surface area contributed by atoms with E-state index in [2.05, 4.69) is 16.9 Å². The maximum Gasteiger partial charge on any atom is 0.138 e. The Morgan fingerprint density at radius 1 is 1.40 bits per heavy atom. The van der Waals surface area contributed by atoms with Gasteiger partial charge < -0.3 is 5.11 Å². The average molecular weight is 203 g/mol. The van der Waals surface area contributed by atoms with Crippen LogP contribution in [0.4, 0.5) is 0 Å². The Balaban J connectivity index is 2.44. The van der Waals surface area contributed by atoms with Crippen LogP contribution in [0, 0.1) is 0 Å². The van der Waals surface area contributed by atoms with E-state index in [4.69, 9.17) is 5.11 Å². The molecular weight excluding hydrogens is 190 g/mol. The second-order valence-electron chi connectivity index (χ2n) is 3.21. The predicted molar refractivity (Wildman–Crippen MR) is 56.7 cm³/mol. The van der Waals surface area contributed by atoms with Crippen LogP contribution in [-0.4, -0.2) is 19.6 Å². The molecule has 2 rings (SSSR count). The largest absolute Gasteiger partial charge is 0.390 e. The van der Waals surface area contributed by atoms with E-state index < -0.39 is 0 Å². The van der Waals surface area contributed by atoms with Gasteiger partial charge in [-0.25, -0.2) is 9.97 Å². The summed E-state index contributed by atoms with van der Waals surface area (Å²) in [7, 11) is 0. The van der Waals surface area contributed by atoms with Crippen LogP contribution >= 0.6 is 0 Å². The Morgan fingerprint density at radius 3 is 3.00 bits per heavy atom. The van der Waals surface area contributed by atoms with E-state index in [0.717, 1.165) is 18.1 Å². The van der Waals surface area contributed by atoms with Gasteiger partial charge in [-0.15, -0.1) is 0 Å². The quantitative estimate of drug-likeness (QED) is 0.818. The number of pyridine rings is 1. The summed E-state index contributed by atoms with van der Waals surface area (Å²) in [6, 6.07) is 5.58. The van der Waals surface area contributed by atoms with Gasteiger partial charge in [-0.1, -0.05) is 13.0 Å². The fraction of sp³-hybridized carbons (Fsp3) is 0.273. The van der Waals surface area contributed by atoms with Crippen molar-refractivity contribution in [3.8, 4) is 5.82 Å². The molecule has 0 saturated heterocycles. The molecule has 0 fully saturated rings. The summed E-state index contributed by atoms with van der Waals surface area (Å²) in [6.45, 7) is 2.01. The summed E-state index contributed by atoms with van der Waals surface area (Å²) in [5.41, 5.74) is 0.670. The summed E-state index contributed by atoms with van der Waals surface area (Å²) in [5.74, 6) is 1.77. The molecule has 1 N–H and O–H groups in total. The lowest BCUT2D eigenvalue weighted by atomic mass is 10.3. The molecule has 4 heteroatoms. The van der Waals surface area contributed by atoms with Crippen molar-refractivity contribution >= 4 is 0 Å². The van der Waals surface area contributed by atoms with Crippen LogP contribution in [0.2, 0.25) is 0 Å². The van der Waals surface area contributed by atoms with E-state index >= 15 is 0 Å². The Bertz CT molecular complexity index is 451. The van der Waals surface area contributed by atoms with E-state index in [0.29, 0.717) is 5.69 Å². The Morgan fingerprint density at radius 2 is 2.27 bits per heavy atom. The number of aryl methyl sites for hydroxylation is 1. The predicted octanol–water partition coefficient (Wildman–Crippen LogP) is 1.32. The molecule has 0 bridgehead atoms. The molecule has 0 saturated carbocycles. The van der Waals surface area contributed by atoms with Crippen molar-refractivity contribution in [2.24, 2.45) is 0 Å². The topological polar surface area (TPSA) is 50.9 Å². The van der Waals surface area contributed by atoms with Crippen LogP contribution < -0.4 is 0 Å². The lowest BCUT2D eigenvalue weighted by Gasteiger charge is -2.06. The number of aromatic nitrogens is 3. The molecule has 15 heavy (non-hydrogen) atoms. The number of rotatable bonds is 3. The molecular formula is C11H13N3O. The highest BCUT2D eigenvalue weighted by Gasteiger charge is 2.04. The third-order valence-corrected chi connectivity index (χ3v) is 2.23. The standard InChI is InChI=1S/C11H13N3O/c1-2-10-12-6-7-14(10)11-5-3-4-9(8-15)13-11/h3-7,15H,2,8H2,1H3. The molecule has 2 aromatic rings. The molecule has 4 nitrogen and oxygen atoms in total. The lowest BCUT2D eigenvalue weighted by Crippen LogP contribution is -2.03. The van der Waals surface area contributed by atoms with Crippen LogP contribution in [0.1, 0.15) is 18.4 Å². The van der Waals surface area contributed by atoms with Crippen molar-refractivity contribution in [2.45, 2.75) is 20.0 Å². The molecule has 0 aliphatic carbocycles. The minimum atomic E-state index is -0.0377. The molecule has 78 valence electrons. The molecule has 0 aromatic carbocycles. The van der Waals surface area contributed by atoms with Crippen molar-refractivity contribution < 1.29 is 5.11 Å². The fourth-order valence-corrected chi connectivity index (χ4v) is 1.49. The second kappa shape index (κ2) is 4.23. The van der Waals surface area contributed by atoms with Crippen LogP contribution in [0.5, 0.6) is 0 Å². The number of nitrogens with zero attached hydrogens (tertiary/aromatic N) is 3. The molecule has 0 unspecified atom stereocenters. The Hall–Kier alpha value is -1.68. The molecule has 0 aliphatic heterocycles. The van der Waals surface area contributed by atoms with Gasteiger partial charge in [-0.05, 0) is 12.1 Å². The smallest absolute Gasteiger partial charge is 0.138 e. The van der Waals surface area contributed by atoms with Crippen LogP contribution in [-0.2, 0) is 13.0 Å². The zero-order valence-corrected chi connectivity index (χ0v) is 8.59. The molecule has 0 amide bonds. The van der Waals surface area contributed by atoms with Crippen molar-refractivity contribution in [3.63, 3.8) is 0 Å². The first-order valence-corrected chi connectivity index (χ1v) is 4.94. The first-order chi connectivity index (χ1) is 7.35. The van der Waals surface area contributed by atoms with Crippen molar-refractivity contribution in [2.75, 3.05) is 0 Å². The summed E-state index contributed by atoms with van der Waals surface area (Å²) < 4.78 is 1.93. The lowest BCUT2D eigenvalue weighted by molar-refractivity contribution is 0.277. The molecule has 0 atom stereocenters. The van der Waals surface area contributed by atoms with Gasteiger partial charge in [0.25, 0.3) is 0 Å². The zero-order chi connectivity index (χ0) is 10.7. The summed E-state index contributed by atoms with van der Waals surface area (Å²) in [5, 5.41) is 9.00. The van der Waals surface area contributed by atoms with Crippen LogP contribution in [0.15, 0.2) is 30.6 Å². The SMILES string of the molecule is CCc1nccn1-c1cccc(CO)n1. The third-order valence-electron chi connectivity index (χ3n) is 2.23. The molecule has 0 aliphatic rings. The van der Waals surface area contributed by atoms with E-state index in [1.54, 1.807) is 12.3 Å². The summed E-state index contributed by atoms with van der Waals surface area (Å²) in [4.78, 5) is 8.54. The van der Waals surface area contributed by atoms with Gasteiger partial charge >= 0.3 is 0 Å². The molecule has 0 radical (unpaired) electrons. The Labute approximate surface area is 88.2 Å². The molecule has 2 aromatic heterocycles. The highest BCUT2D eigenvalue weighted by molar-refractivity contribution is 5.26. The van der Waals surface area contributed by atoms with E-state index in [9.17, 15) is 0 Å². The van der Waals surface area contributed by atoms with Gasteiger partial charge in [-0.3, -0.25) is 4.57 Å². The van der Waals surface area contributed by atoms with E-state index in [1.165, 1.54) is 0 Å². The third kappa shape index (κ3) is 1.89. The van der Waals surface area contributed by atoms with Crippen molar-refractivity contribution in [1.29, 1.82) is 0 Å². The minimum absolute atomic E-state index is 0.0377. The normalized spacial score (nSPS) is 10.5. The van der Waals surface area contributed by atoms with Crippen LogP contribution in [0.3, 0.4) is 0 Å². The highest BCUT2D eigenvalue weighted by atomic mass is 16.3. The Kier molecular flexibility index (Phi) is 2.78. The van der Waals surface area contributed by atoms with Crippen molar-refractivity contribution in [3.05, 3.63) is 42.1 Å². The number of imidazole rings is 1.